The molecule has 0 unspecified atom stereocenters. The fourth-order valence-corrected chi connectivity index (χ4v) is 4.01. The van der Waals surface area contributed by atoms with Crippen molar-refractivity contribution in [1.29, 1.82) is 0 Å². The summed E-state index contributed by atoms with van der Waals surface area (Å²) in [7, 11) is 1.91. The molecule has 31 heavy (non-hydrogen) atoms. The zero-order chi connectivity index (χ0) is 21.5. The highest BCUT2D eigenvalue weighted by molar-refractivity contribution is 5.96. The Hall–Kier alpha value is -3.74. The number of hydrogen-bond acceptors (Lipinski definition) is 5. The van der Waals surface area contributed by atoms with Crippen LogP contribution in [0.25, 0.3) is 22.6 Å². The Labute approximate surface area is 180 Å². The fourth-order valence-electron chi connectivity index (χ4n) is 4.01. The van der Waals surface area contributed by atoms with Crippen LogP contribution in [0.3, 0.4) is 0 Å². The number of benzene rings is 2. The highest BCUT2D eigenvalue weighted by atomic mass is 16.5. The molecule has 0 saturated carbocycles. The first-order valence-corrected chi connectivity index (χ1v) is 10.3. The summed E-state index contributed by atoms with van der Waals surface area (Å²) in [6.45, 7) is 4.66. The van der Waals surface area contributed by atoms with Crippen molar-refractivity contribution >= 4 is 11.6 Å². The van der Waals surface area contributed by atoms with Crippen LogP contribution in [0, 0.1) is 13.8 Å². The molecule has 5 rings (SSSR count). The summed E-state index contributed by atoms with van der Waals surface area (Å²) in [5.41, 5.74) is 6.20. The van der Waals surface area contributed by atoms with Crippen LogP contribution in [0.5, 0.6) is 0 Å². The van der Waals surface area contributed by atoms with Gasteiger partial charge in [0.05, 0.1) is 11.6 Å². The molecule has 1 amide bonds. The van der Waals surface area contributed by atoms with E-state index in [0.29, 0.717) is 24.7 Å². The van der Waals surface area contributed by atoms with Crippen molar-refractivity contribution in [3.63, 3.8) is 0 Å². The zero-order valence-electron chi connectivity index (χ0n) is 17.7. The third-order valence-electron chi connectivity index (χ3n) is 5.96. The Morgan fingerprint density at radius 2 is 1.87 bits per heavy atom. The van der Waals surface area contributed by atoms with E-state index >= 15 is 0 Å². The van der Waals surface area contributed by atoms with E-state index in [1.165, 1.54) is 11.1 Å². The normalized spacial score (nSPS) is 16.3. The SMILES string of the molecule is Cc1ccc(N2C[C@@H](c3nc(-c4cccc(-c5ccnn5C)c4)no3)CC2=O)cc1C. The Kier molecular flexibility index (Phi) is 4.66. The lowest BCUT2D eigenvalue weighted by atomic mass is 10.1. The maximum absolute atomic E-state index is 12.7. The minimum absolute atomic E-state index is 0.0752. The molecule has 156 valence electrons. The molecule has 1 atom stereocenters. The monoisotopic (exact) mass is 413 g/mol. The van der Waals surface area contributed by atoms with E-state index in [2.05, 4.69) is 35.2 Å². The molecular weight excluding hydrogens is 390 g/mol. The van der Waals surface area contributed by atoms with Gasteiger partial charge in [0.1, 0.15) is 0 Å². The number of aromatic nitrogens is 4. The first-order valence-electron chi connectivity index (χ1n) is 10.3. The van der Waals surface area contributed by atoms with Crippen LogP contribution in [0.2, 0.25) is 0 Å². The number of amides is 1. The molecule has 0 spiro atoms. The summed E-state index contributed by atoms with van der Waals surface area (Å²) in [5, 5.41) is 8.42. The summed E-state index contributed by atoms with van der Waals surface area (Å²) < 4.78 is 7.40. The van der Waals surface area contributed by atoms with Crippen molar-refractivity contribution in [2.45, 2.75) is 26.2 Å². The lowest BCUT2D eigenvalue weighted by Crippen LogP contribution is -2.24. The Bertz CT molecular complexity index is 1270. The van der Waals surface area contributed by atoms with Crippen LogP contribution in [0.4, 0.5) is 5.69 Å². The van der Waals surface area contributed by atoms with Crippen molar-refractivity contribution in [2.75, 3.05) is 11.4 Å². The summed E-state index contributed by atoms with van der Waals surface area (Å²) in [4.78, 5) is 19.1. The molecule has 1 fully saturated rings. The van der Waals surface area contributed by atoms with Gasteiger partial charge in [0.15, 0.2) is 0 Å². The molecule has 2 aromatic heterocycles. The van der Waals surface area contributed by atoms with Crippen LogP contribution in [0.15, 0.2) is 59.3 Å². The topological polar surface area (TPSA) is 77.1 Å². The molecule has 2 aromatic carbocycles. The number of rotatable bonds is 4. The number of nitrogens with zero attached hydrogens (tertiary/aromatic N) is 5. The lowest BCUT2D eigenvalue weighted by Gasteiger charge is -2.17. The summed E-state index contributed by atoms with van der Waals surface area (Å²) >= 11 is 0. The van der Waals surface area contributed by atoms with Crippen LogP contribution >= 0.6 is 0 Å². The summed E-state index contributed by atoms with van der Waals surface area (Å²) in [6.07, 6.45) is 2.14. The van der Waals surface area contributed by atoms with Gasteiger partial charge in [-0.1, -0.05) is 29.4 Å². The van der Waals surface area contributed by atoms with Gasteiger partial charge in [0.2, 0.25) is 17.6 Å². The number of aryl methyl sites for hydroxylation is 3. The minimum Gasteiger partial charge on any atom is -0.339 e. The smallest absolute Gasteiger partial charge is 0.232 e. The Balaban J connectivity index is 1.38. The van der Waals surface area contributed by atoms with E-state index in [-0.39, 0.29) is 11.8 Å². The van der Waals surface area contributed by atoms with Crippen LogP contribution in [-0.4, -0.2) is 32.4 Å². The van der Waals surface area contributed by atoms with Crippen LogP contribution in [0.1, 0.15) is 29.4 Å². The Morgan fingerprint density at radius 3 is 2.65 bits per heavy atom. The quantitative estimate of drug-likeness (QED) is 0.499. The van der Waals surface area contributed by atoms with Crippen LogP contribution < -0.4 is 4.90 Å². The fraction of sp³-hybridized carbons (Fsp3) is 0.250. The van der Waals surface area contributed by atoms with Crippen LogP contribution in [-0.2, 0) is 11.8 Å². The van der Waals surface area contributed by atoms with Gasteiger partial charge in [-0.05, 0) is 49.2 Å². The van der Waals surface area contributed by atoms with Crippen molar-refractivity contribution < 1.29 is 9.32 Å². The molecule has 0 aliphatic carbocycles. The van der Waals surface area contributed by atoms with Gasteiger partial charge in [-0.3, -0.25) is 9.48 Å². The third-order valence-corrected chi connectivity index (χ3v) is 5.96. The standard InChI is InChI=1S/C24H23N5O2/c1-15-7-8-20(11-16(15)2)29-14-19(13-22(29)30)24-26-23(27-31-24)18-6-4-5-17(12-18)21-9-10-25-28(21)3/h4-12,19H,13-14H2,1-3H3/t19-/m0/s1. The highest BCUT2D eigenvalue weighted by Crippen LogP contribution is 2.33. The molecule has 0 N–H and O–H groups in total. The molecular formula is C24H23N5O2. The molecule has 7 heteroatoms. The molecule has 0 radical (unpaired) electrons. The lowest BCUT2D eigenvalue weighted by molar-refractivity contribution is -0.117. The number of anilines is 1. The first kappa shape index (κ1) is 19.2. The van der Waals surface area contributed by atoms with Crippen molar-refractivity contribution in [3.8, 4) is 22.6 Å². The largest absolute Gasteiger partial charge is 0.339 e. The van der Waals surface area contributed by atoms with E-state index in [9.17, 15) is 4.79 Å². The average Bonchev–Trinajstić information content (AvgIpc) is 3.50. The van der Waals surface area contributed by atoms with Gasteiger partial charge in [-0.2, -0.15) is 10.1 Å². The molecule has 3 heterocycles. The molecule has 1 aliphatic rings. The molecule has 0 bridgehead atoms. The number of carbonyl (C=O) groups excluding carboxylic acids is 1. The van der Waals surface area contributed by atoms with Gasteiger partial charge in [-0.15, -0.1) is 0 Å². The van der Waals surface area contributed by atoms with E-state index < -0.39 is 0 Å². The van der Waals surface area contributed by atoms with Gasteiger partial charge < -0.3 is 9.42 Å². The van der Waals surface area contributed by atoms with Gasteiger partial charge in [0.25, 0.3) is 0 Å². The average molecular weight is 413 g/mol. The van der Waals surface area contributed by atoms with Crippen molar-refractivity contribution in [2.24, 2.45) is 7.05 Å². The second kappa shape index (κ2) is 7.50. The van der Waals surface area contributed by atoms with Gasteiger partial charge in [0, 0.05) is 43.0 Å². The van der Waals surface area contributed by atoms with E-state index in [4.69, 9.17) is 4.52 Å². The summed E-state index contributed by atoms with van der Waals surface area (Å²) in [5.74, 6) is 0.985. The first-order chi connectivity index (χ1) is 15.0. The molecule has 7 nitrogen and oxygen atoms in total. The number of hydrogen-bond donors (Lipinski definition) is 0. The van der Waals surface area contributed by atoms with E-state index in [1.807, 2.05) is 59.1 Å². The van der Waals surface area contributed by atoms with E-state index in [1.54, 1.807) is 6.20 Å². The predicted molar refractivity (Wildman–Crippen MR) is 118 cm³/mol. The molecule has 1 saturated heterocycles. The zero-order valence-corrected chi connectivity index (χ0v) is 17.7. The van der Waals surface area contributed by atoms with Crippen molar-refractivity contribution in [3.05, 3.63) is 71.7 Å². The maximum atomic E-state index is 12.7. The predicted octanol–water partition coefficient (Wildman–Crippen LogP) is 4.27. The summed E-state index contributed by atoms with van der Waals surface area (Å²) in [6, 6.07) is 16.0. The Morgan fingerprint density at radius 1 is 1.03 bits per heavy atom. The van der Waals surface area contributed by atoms with Crippen molar-refractivity contribution in [1.82, 2.24) is 19.9 Å². The second-order valence-corrected chi connectivity index (χ2v) is 8.05. The molecule has 1 aliphatic heterocycles. The highest BCUT2D eigenvalue weighted by Gasteiger charge is 2.35. The number of carbonyl (C=O) groups is 1. The molecule has 4 aromatic rings. The minimum atomic E-state index is -0.115. The van der Waals surface area contributed by atoms with Gasteiger partial charge in [-0.25, -0.2) is 0 Å². The van der Waals surface area contributed by atoms with E-state index in [0.717, 1.165) is 22.5 Å². The second-order valence-electron chi connectivity index (χ2n) is 8.05. The maximum Gasteiger partial charge on any atom is 0.232 e. The van der Waals surface area contributed by atoms with Gasteiger partial charge >= 0.3 is 0 Å². The third kappa shape index (κ3) is 3.52.